The van der Waals surface area contributed by atoms with Crippen molar-refractivity contribution in [3.63, 3.8) is 0 Å². The van der Waals surface area contributed by atoms with E-state index in [1.807, 2.05) is 18.2 Å². The molecule has 4 rings (SSSR count). The fourth-order valence-corrected chi connectivity index (χ4v) is 4.48. The summed E-state index contributed by atoms with van der Waals surface area (Å²) >= 11 is 0. The van der Waals surface area contributed by atoms with E-state index in [2.05, 4.69) is 22.8 Å². The number of carbonyl (C=O) groups excluding carboxylic acids is 1. The lowest BCUT2D eigenvalue weighted by atomic mass is 9.92. The number of ether oxygens (including phenoxy) is 1. The molecule has 2 aliphatic rings. The molecule has 0 aromatic heterocycles. The summed E-state index contributed by atoms with van der Waals surface area (Å²) < 4.78 is 32.6. The van der Waals surface area contributed by atoms with Crippen LogP contribution in [0.2, 0.25) is 0 Å². The molecular formula is C23H27F2N3O2. The number of alkyl halides is 2. The Bertz CT molecular complexity index is 892. The molecule has 1 fully saturated rings. The molecule has 5 nitrogen and oxygen atoms in total. The number of anilines is 1. The summed E-state index contributed by atoms with van der Waals surface area (Å²) in [5.74, 6) is 0.118. The van der Waals surface area contributed by atoms with Gasteiger partial charge in [-0.15, -0.1) is 0 Å². The maximum absolute atomic E-state index is 13.5. The predicted octanol–water partition coefficient (Wildman–Crippen LogP) is 3.78. The Kier molecular flexibility index (Phi) is 6.29. The van der Waals surface area contributed by atoms with Crippen LogP contribution in [0.25, 0.3) is 0 Å². The number of rotatable bonds is 6. The van der Waals surface area contributed by atoms with Gasteiger partial charge in [0.2, 0.25) is 5.91 Å². The monoisotopic (exact) mass is 415 g/mol. The number of nitrogens with one attached hydrogen (secondary N) is 2. The van der Waals surface area contributed by atoms with Gasteiger partial charge < -0.3 is 15.4 Å². The molecule has 2 aromatic rings. The largest absolute Gasteiger partial charge is 0.496 e. The lowest BCUT2D eigenvalue weighted by molar-refractivity contribution is -0.121. The molecule has 0 unspecified atom stereocenters. The number of hydrogen-bond donors (Lipinski definition) is 2. The average molecular weight is 415 g/mol. The van der Waals surface area contributed by atoms with E-state index in [4.69, 9.17) is 4.74 Å². The second-order valence-corrected chi connectivity index (χ2v) is 7.81. The molecule has 1 amide bonds. The third kappa shape index (κ3) is 4.18. The molecule has 7 heteroatoms. The zero-order valence-electron chi connectivity index (χ0n) is 17.0. The zero-order chi connectivity index (χ0) is 21.1. The number of hydrogen-bond acceptors (Lipinski definition) is 4. The molecular weight excluding hydrogens is 388 g/mol. The Morgan fingerprint density at radius 3 is 2.77 bits per heavy atom. The van der Waals surface area contributed by atoms with E-state index in [9.17, 15) is 13.6 Å². The molecule has 160 valence electrons. The third-order valence-corrected chi connectivity index (χ3v) is 5.99. The van der Waals surface area contributed by atoms with Gasteiger partial charge in [-0.05, 0) is 49.1 Å². The number of halogens is 2. The van der Waals surface area contributed by atoms with Crippen molar-refractivity contribution in [3.8, 4) is 5.75 Å². The quantitative estimate of drug-likeness (QED) is 0.705. The molecule has 0 aliphatic carbocycles. The van der Waals surface area contributed by atoms with Crippen LogP contribution in [0.1, 0.15) is 42.0 Å². The summed E-state index contributed by atoms with van der Waals surface area (Å²) in [7, 11) is 1.58. The molecule has 30 heavy (non-hydrogen) atoms. The Balaban J connectivity index is 1.57. The van der Waals surface area contributed by atoms with Crippen LogP contribution in [0.15, 0.2) is 42.5 Å². The number of methoxy groups -OCH3 is 1. The molecule has 2 aromatic carbocycles. The first-order valence-corrected chi connectivity index (χ1v) is 10.4. The molecule has 2 aliphatic heterocycles. The van der Waals surface area contributed by atoms with E-state index in [1.54, 1.807) is 19.2 Å². The molecule has 1 saturated heterocycles. The SMILES string of the molecule is COc1cc2c(cc1CN[C@H]1CCCN[C@H]1c1ccccc1)N(C(F)F)C(=O)CC2. The van der Waals surface area contributed by atoms with Gasteiger partial charge in [0.25, 0.3) is 0 Å². The highest BCUT2D eigenvalue weighted by Gasteiger charge is 2.32. The molecule has 2 atom stereocenters. The molecule has 2 N–H and O–H groups in total. The van der Waals surface area contributed by atoms with Gasteiger partial charge >= 0.3 is 6.55 Å². The summed E-state index contributed by atoms with van der Waals surface area (Å²) in [6.07, 6.45) is 2.62. The smallest absolute Gasteiger partial charge is 0.321 e. The van der Waals surface area contributed by atoms with Crippen LogP contribution in [0.5, 0.6) is 5.75 Å². The van der Waals surface area contributed by atoms with Crippen LogP contribution in [0.3, 0.4) is 0 Å². The molecule has 0 spiro atoms. The Morgan fingerprint density at radius 2 is 2.03 bits per heavy atom. The number of aryl methyl sites for hydroxylation is 1. The first kappa shape index (κ1) is 20.8. The minimum absolute atomic E-state index is 0.0879. The number of nitrogens with zero attached hydrogens (tertiary/aromatic N) is 1. The highest BCUT2D eigenvalue weighted by molar-refractivity contribution is 5.96. The van der Waals surface area contributed by atoms with E-state index in [-0.39, 0.29) is 18.5 Å². The number of amides is 1. The predicted molar refractivity (Wildman–Crippen MR) is 112 cm³/mol. The topological polar surface area (TPSA) is 53.6 Å². The van der Waals surface area contributed by atoms with Crippen molar-refractivity contribution in [1.82, 2.24) is 10.6 Å². The van der Waals surface area contributed by atoms with Crippen LogP contribution >= 0.6 is 0 Å². The summed E-state index contributed by atoms with van der Waals surface area (Å²) in [5, 5.41) is 7.17. The van der Waals surface area contributed by atoms with Gasteiger partial charge in [0.15, 0.2) is 0 Å². The van der Waals surface area contributed by atoms with E-state index >= 15 is 0 Å². The van der Waals surface area contributed by atoms with Crippen molar-refractivity contribution < 1.29 is 18.3 Å². The molecule has 0 radical (unpaired) electrons. The fraction of sp³-hybridized carbons (Fsp3) is 0.435. The molecule has 0 saturated carbocycles. The van der Waals surface area contributed by atoms with Crippen LogP contribution in [0, 0.1) is 0 Å². The minimum atomic E-state index is -2.85. The van der Waals surface area contributed by atoms with Crippen LogP contribution < -0.4 is 20.3 Å². The van der Waals surface area contributed by atoms with Crippen molar-refractivity contribution >= 4 is 11.6 Å². The van der Waals surface area contributed by atoms with Crippen molar-refractivity contribution in [2.45, 2.75) is 50.9 Å². The first-order chi connectivity index (χ1) is 14.6. The van der Waals surface area contributed by atoms with Crippen molar-refractivity contribution in [3.05, 3.63) is 59.2 Å². The number of piperidine rings is 1. The summed E-state index contributed by atoms with van der Waals surface area (Å²) in [6.45, 7) is -1.42. The lowest BCUT2D eigenvalue weighted by Crippen LogP contribution is -2.45. The fourth-order valence-electron chi connectivity index (χ4n) is 4.48. The third-order valence-electron chi connectivity index (χ3n) is 5.99. The molecule has 0 bridgehead atoms. The van der Waals surface area contributed by atoms with Gasteiger partial charge in [-0.2, -0.15) is 8.78 Å². The summed E-state index contributed by atoms with van der Waals surface area (Å²) in [4.78, 5) is 12.7. The Labute approximate surface area is 175 Å². The van der Waals surface area contributed by atoms with Crippen molar-refractivity contribution in [1.29, 1.82) is 0 Å². The standard InChI is InChI=1S/C23H27F2N3O2/c1-30-20-13-16-9-10-21(29)28(23(24)25)19(16)12-17(20)14-27-18-8-5-11-26-22(18)15-6-3-2-4-7-15/h2-4,6-7,12-13,18,22-23,26-27H,5,8-11,14H2,1H3/t18-,22-/m0/s1. The van der Waals surface area contributed by atoms with E-state index in [0.29, 0.717) is 29.3 Å². The minimum Gasteiger partial charge on any atom is -0.496 e. The van der Waals surface area contributed by atoms with Gasteiger partial charge in [0.05, 0.1) is 12.8 Å². The van der Waals surface area contributed by atoms with Crippen LogP contribution in [-0.2, 0) is 17.8 Å². The number of fused-ring (bicyclic) bond motifs is 1. The Hall–Kier alpha value is -2.51. The first-order valence-electron chi connectivity index (χ1n) is 10.4. The maximum Gasteiger partial charge on any atom is 0.321 e. The van der Waals surface area contributed by atoms with E-state index in [0.717, 1.165) is 30.5 Å². The van der Waals surface area contributed by atoms with Crippen LogP contribution in [-0.4, -0.2) is 32.2 Å². The molecule has 2 heterocycles. The highest BCUT2D eigenvalue weighted by Crippen LogP contribution is 2.36. The second-order valence-electron chi connectivity index (χ2n) is 7.81. The van der Waals surface area contributed by atoms with Crippen molar-refractivity contribution in [2.24, 2.45) is 0 Å². The average Bonchev–Trinajstić information content (AvgIpc) is 2.77. The van der Waals surface area contributed by atoms with Gasteiger partial charge in [0.1, 0.15) is 5.75 Å². The maximum atomic E-state index is 13.5. The van der Waals surface area contributed by atoms with E-state index < -0.39 is 12.5 Å². The Morgan fingerprint density at radius 1 is 1.23 bits per heavy atom. The van der Waals surface area contributed by atoms with Gasteiger partial charge in [-0.3, -0.25) is 9.69 Å². The summed E-state index contributed by atoms with van der Waals surface area (Å²) in [5.41, 5.74) is 3.01. The number of carbonyl (C=O) groups is 1. The normalized spacial score (nSPS) is 21.6. The van der Waals surface area contributed by atoms with E-state index in [1.165, 1.54) is 5.56 Å². The van der Waals surface area contributed by atoms with Gasteiger partial charge in [0, 0.05) is 30.6 Å². The summed E-state index contributed by atoms with van der Waals surface area (Å²) in [6, 6.07) is 14.2. The lowest BCUT2D eigenvalue weighted by Gasteiger charge is -2.34. The van der Waals surface area contributed by atoms with Crippen molar-refractivity contribution in [2.75, 3.05) is 18.6 Å². The zero-order valence-corrected chi connectivity index (χ0v) is 17.0. The number of benzene rings is 2. The second kappa shape index (κ2) is 9.10. The van der Waals surface area contributed by atoms with Gasteiger partial charge in [-0.25, -0.2) is 0 Å². The van der Waals surface area contributed by atoms with Crippen LogP contribution in [0.4, 0.5) is 14.5 Å². The van der Waals surface area contributed by atoms with Gasteiger partial charge in [-0.1, -0.05) is 30.3 Å². The highest BCUT2D eigenvalue weighted by atomic mass is 19.3.